The van der Waals surface area contributed by atoms with Crippen LogP contribution in [0.15, 0.2) is 0 Å². The van der Waals surface area contributed by atoms with Gasteiger partial charge in [0.2, 0.25) is 0 Å². The smallest absolute Gasteiger partial charge is 0.297 e. The molecule has 0 spiro atoms. The number of hydrogen-bond acceptors (Lipinski definition) is 4. The molecule has 0 unspecified atom stereocenters. The molecule has 5 nitrogen and oxygen atoms in total. The van der Waals surface area contributed by atoms with Crippen LogP contribution in [0.4, 0.5) is 0 Å². The first-order chi connectivity index (χ1) is 12.0. The Bertz CT molecular complexity index is 406. The van der Waals surface area contributed by atoms with Crippen molar-refractivity contribution in [2.75, 3.05) is 6.61 Å². The average molecular weight is 379 g/mol. The fraction of sp³-hybridized carbons (Fsp3) is 0.947. The van der Waals surface area contributed by atoms with E-state index in [4.69, 9.17) is 4.55 Å². The quantitative estimate of drug-likeness (QED) is 0.232. The topological polar surface area (TPSA) is 80.7 Å². The summed E-state index contributed by atoms with van der Waals surface area (Å²) in [5, 5.41) is 0. The van der Waals surface area contributed by atoms with Crippen LogP contribution in [-0.4, -0.2) is 25.4 Å². The number of Topliss-reactive ketones (excluding diaryl/α,β-unsaturated/α-hetero) is 1. The summed E-state index contributed by atoms with van der Waals surface area (Å²) in [7, 11) is -4.50. The zero-order valence-electron chi connectivity index (χ0n) is 16.0. The van der Waals surface area contributed by atoms with E-state index < -0.39 is 17.0 Å². The summed E-state index contributed by atoms with van der Waals surface area (Å²) in [6.45, 7) is 1.69. The van der Waals surface area contributed by atoms with Gasteiger partial charge in [-0.25, -0.2) is 4.18 Å². The Balaban J connectivity index is 3.17. The van der Waals surface area contributed by atoms with Crippen LogP contribution in [0, 0.1) is 0 Å². The van der Waals surface area contributed by atoms with Gasteiger partial charge in [-0.05, 0) is 6.42 Å². The molecule has 0 amide bonds. The summed E-state index contributed by atoms with van der Waals surface area (Å²) in [6.07, 6.45) is 19.3. The molecule has 0 aliphatic carbocycles. The zero-order chi connectivity index (χ0) is 18.8. The van der Waals surface area contributed by atoms with Gasteiger partial charge in [-0.15, -0.1) is 0 Å². The Morgan fingerprint density at radius 3 is 1.44 bits per heavy atom. The second kappa shape index (κ2) is 17.0. The minimum absolute atomic E-state index is 0.285. The van der Waals surface area contributed by atoms with Gasteiger partial charge in [0, 0.05) is 6.42 Å². The summed E-state index contributed by atoms with van der Waals surface area (Å²) in [5.41, 5.74) is 0. The van der Waals surface area contributed by atoms with E-state index in [0.29, 0.717) is 6.42 Å². The second-order valence-electron chi connectivity index (χ2n) is 6.93. The number of carbonyl (C=O) groups is 1. The van der Waals surface area contributed by atoms with Gasteiger partial charge in [0.1, 0.15) is 6.61 Å². The summed E-state index contributed by atoms with van der Waals surface area (Å²) in [6, 6.07) is 0. The fourth-order valence-corrected chi connectivity index (χ4v) is 3.19. The lowest BCUT2D eigenvalue weighted by Gasteiger charge is -2.03. The van der Waals surface area contributed by atoms with Gasteiger partial charge in [-0.1, -0.05) is 96.8 Å². The van der Waals surface area contributed by atoms with Crippen molar-refractivity contribution in [2.45, 2.75) is 110 Å². The van der Waals surface area contributed by atoms with Crippen molar-refractivity contribution in [3.05, 3.63) is 0 Å². The highest BCUT2D eigenvalue weighted by Gasteiger charge is 2.09. The molecule has 0 heterocycles. The predicted octanol–water partition coefficient (Wildman–Crippen LogP) is 5.64. The molecule has 0 rings (SSSR count). The molecule has 0 aromatic carbocycles. The Kier molecular flexibility index (Phi) is 16.7. The van der Waals surface area contributed by atoms with Crippen molar-refractivity contribution in [1.29, 1.82) is 0 Å². The maximum absolute atomic E-state index is 11.3. The molecular formula is C19H38O5S. The second-order valence-corrected chi connectivity index (χ2v) is 8.02. The van der Waals surface area contributed by atoms with E-state index in [0.717, 1.165) is 19.3 Å². The van der Waals surface area contributed by atoms with Crippen molar-refractivity contribution in [3.63, 3.8) is 0 Å². The third-order valence-corrected chi connectivity index (χ3v) is 4.84. The van der Waals surface area contributed by atoms with Crippen LogP contribution < -0.4 is 0 Å². The van der Waals surface area contributed by atoms with E-state index in [9.17, 15) is 13.2 Å². The Morgan fingerprint density at radius 1 is 0.720 bits per heavy atom. The highest BCUT2D eigenvalue weighted by Crippen LogP contribution is 2.13. The van der Waals surface area contributed by atoms with E-state index in [1.54, 1.807) is 0 Å². The Labute approximate surface area is 154 Å². The van der Waals surface area contributed by atoms with E-state index in [-0.39, 0.29) is 5.78 Å². The number of rotatable bonds is 19. The van der Waals surface area contributed by atoms with E-state index in [2.05, 4.69) is 11.1 Å². The van der Waals surface area contributed by atoms with Crippen LogP contribution in [0.3, 0.4) is 0 Å². The van der Waals surface area contributed by atoms with E-state index in [1.807, 2.05) is 0 Å². The minimum atomic E-state index is -4.50. The van der Waals surface area contributed by atoms with Gasteiger partial charge in [0.25, 0.3) is 0 Å². The Hall–Kier alpha value is -0.460. The van der Waals surface area contributed by atoms with Crippen molar-refractivity contribution < 1.29 is 21.9 Å². The van der Waals surface area contributed by atoms with Crippen molar-refractivity contribution in [2.24, 2.45) is 0 Å². The molecule has 0 fully saturated rings. The molecule has 0 bridgehead atoms. The third kappa shape index (κ3) is 21.5. The average Bonchev–Trinajstić information content (AvgIpc) is 2.56. The molecule has 0 aliphatic rings. The minimum Gasteiger partial charge on any atom is -0.297 e. The standard InChI is InChI=1S/C19H38O5S/c1-2-3-4-5-6-7-8-9-10-11-12-13-14-15-16-17-19(20)18-24-25(21,22)23/h2-18H2,1H3,(H,21,22,23). The van der Waals surface area contributed by atoms with Gasteiger partial charge in [-0.3, -0.25) is 9.35 Å². The van der Waals surface area contributed by atoms with Crippen LogP contribution in [0.5, 0.6) is 0 Å². The lowest BCUT2D eigenvalue weighted by molar-refractivity contribution is -0.121. The third-order valence-electron chi connectivity index (χ3n) is 4.43. The lowest BCUT2D eigenvalue weighted by atomic mass is 10.0. The molecule has 0 saturated carbocycles. The number of unbranched alkanes of at least 4 members (excludes halogenated alkanes) is 14. The maximum atomic E-state index is 11.3. The molecule has 0 aromatic heterocycles. The summed E-state index contributed by atoms with van der Waals surface area (Å²) >= 11 is 0. The molecule has 0 atom stereocenters. The Morgan fingerprint density at radius 2 is 1.08 bits per heavy atom. The summed E-state index contributed by atoms with van der Waals surface area (Å²) in [4.78, 5) is 11.3. The van der Waals surface area contributed by atoms with E-state index >= 15 is 0 Å². The van der Waals surface area contributed by atoms with Crippen molar-refractivity contribution in [3.8, 4) is 0 Å². The number of carbonyl (C=O) groups excluding carboxylic acids is 1. The van der Waals surface area contributed by atoms with Crippen LogP contribution in [0.1, 0.15) is 110 Å². The number of hydrogen-bond donors (Lipinski definition) is 1. The molecule has 25 heavy (non-hydrogen) atoms. The van der Waals surface area contributed by atoms with Crippen LogP contribution >= 0.6 is 0 Å². The molecule has 0 aliphatic heterocycles. The van der Waals surface area contributed by atoms with Crippen LogP contribution in [0.2, 0.25) is 0 Å². The van der Waals surface area contributed by atoms with Crippen molar-refractivity contribution in [1.82, 2.24) is 0 Å². The summed E-state index contributed by atoms with van der Waals surface area (Å²) in [5.74, 6) is -0.285. The molecule has 6 heteroatoms. The molecule has 0 radical (unpaired) electrons. The largest absolute Gasteiger partial charge is 0.397 e. The monoisotopic (exact) mass is 378 g/mol. The van der Waals surface area contributed by atoms with Gasteiger partial charge in [0.15, 0.2) is 5.78 Å². The number of ketones is 1. The van der Waals surface area contributed by atoms with Gasteiger partial charge in [0.05, 0.1) is 0 Å². The highest BCUT2D eigenvalue weighted by atomic mass is 32.3. The zero-order valence-corrected chi connectivity index (χ0v) is 16.8. The fourth-order valence-electron chi connectivity index (χ4n) is 2.91. The highest BCUT2D eigenvalue weighted by molar-refractivity contribution is 7.80. The van der Waals surface area contributed by atoms with Gasteiger partial charge < -0.3 is 0 Å². The van der Waals surface area contributed by atoms with Gasteiger partial charge in [-0.2, -0.15) is 8.42 Å². The van der Waals surface area contributed by atoms with Gasteiger partial charge >= 0.3 is 10.4 Å². The van der Waals surface area contributed by atoms with Crippen LogP contribution in [0.25, 0.3) is 0 Å². The lowest BCUT2D eigenvalue weighted by Crippen LogP contribution is -2.13. The SMILES string of the molecule is CCCCCCCCCCCCCCCCCC(=O)COS(=O)(=O)O. The first-order valence-corrected chi connectivity index (χ1v) is 11.5. The van der Waals surface area contributed by atoms with Crippen molar-refractivity contribution >= 4 is 16.2 Å². The molecule has 1 N–H and O–H groups in total. The van der Waals surface area contributed by atoms with E-state index in [1.165, 1.54) is 77.0 Å². The molecule has 0 aromatic rings. The molecule has 0 saturated heterocycles. The first-order valence-electron chi connectivity index (χ1n) is 10.1. The molecular weight excluding hydrogens is 340 g/mol. The first kappa shape index (κ1) is 24.5. The normalized spacial score (nSPS) is 11.8. The summed E-state index contributed by atoms with van der Waals surface area (Å²) < 4.78 is 33.1. The maximum Gasteiger partial charge on any atom is 0.397 e. The molecule has 150 valence electrons. The van der Waals surface area contributed by atoms with Crippen LogP contribution in [-0.2, 0) is 19.4 Å². The predicted molar refractivity (Wildman–Crippen MR) is 102 cm³/mol.